The van der Waals surface area contributed by atoms with Gasteiger partial charge in [0.05, 0.1) is 13.1 Å². The maximum Gasteiger partial charge on any atom is 0.408 e. The highest BCUT2D eigenvalue weighted by atomic mass is 16.6. The number of esters is 2. The van der Waals surface area contributed by atoms with E-state index < -0.39 is 70.8 Å². The highest BCUT2D eigenvalue weighted by Crippen LogP contribution is 2.20. The van der Waals surface area contributed by atoms with Gasteiger partial charge in [0.15, 0.2) is 0 Å². The number of hydrogen-bond acceptors (Lipinski definition) is 14. The lowest BCUT2D eigenvalue weighted by molar-refractivity contribution is -0.146. The first-order valence-electron chi connectivity index (χ1n) is 25.2. The van der Waals surface area contributed by atoms with Crippen LogP contribution in [0.1, 0.15) is 147 Å². The van der Waals surface area contributed by atoms with Crippen molar-refractivity contribution in [2.24, 2.45) is 0 Å². The Balaban J connectivity index is 2.27. The summed E-state index contributed by atoms with van der Waals surface area (Å²) in [4.78, 5) is 81.4. The minimum Gasteiger partial charge on any atom is -0.462 e. The molecule has 4 N–H and O–H groups in total. The molecule has 0 radical (unpaired) electrons. The van der Waals surface area contributed by atoms with Crippen molar-refractivity contribution in [1.29, 1.82) is 0 Å². The van der Waals surface area contributed by atoms with E-state index in [0.29, 0.717) is 38.8 Å². The zero-order valence-corrected chi connectivity index (χ0v) is 45.6. The monoisotopic (exact) mass is 1010 g/mol. The number of carbonyl (C=O) groups excluding carboxylic acids is 6. The van der Waals surface area contributed by atoms with E-state index in [-0.39, 0.29) is 39.1 Å². The topological polar surface area (TPSA) is 212 Å². The van der Waals surface area contributed by atoms with Crippen LogP contribution in [0.2, 0.25) is 0 Å². The third kappa shape index (κ3) is 28.0. The van der Waals surface area contributed by atoms with Crippen molar-refractivity contribution in [2.75, 3.05) is 62.3 Å². The molecule has 0 aliphatic rings. The van der Waals surface area contributed by atoms with Gasteiger partial charge in [-0.3, -0.25) is 0 Å². The predicted molar refractivity (Wildman–Crippen MR) is 282 cm³/mol. The van der Waals surface area contributed by atoms with Crippen molar-refractivity contribution >= 4 is 59.8 Å². The van der Waals surface area contributed by atoms with Crippen molar-refractivity contribution in [3.8, 4) is 0 Å². The lowest BCUT2D eigenvalue weighted by Crippen LogP contribution is -2.45. The zero-order chi connectivity index (χ0) is 54.1. The van der Waals surface area contributed by atoms with E-state index in [2.05, 4.69) is 64.3 Å². The number of ether oxygens (including phenoxy) is 6. The van der Waals surface area contributed by atoms with Crippen molar-refractivity contribution in [1.82, 2.24) is 21.3 Å². The molecule has 2 unspecified atom stereocenters. The molecule has 0 spiro atoms. The minimum absolute atomic E-state index is 0.0925. The zero-order valence-electron chi connectivity index (χ0n) is 45.6. The molecule has 0 bridgehead atoms. The van der Waals surface area contributed by atoms with E-state index in [1.165, 1.54) is 0 Å². The molecule has 0 aliphatic carbocycles. The standard InChI is InChI=1S/C54H86N6O12/c1-15-59(16-2)41-29-25-39(26-30-41)23-24-40-27-31-42(32-28-40)60(35-37-67-45(61)43(57-49(65)71-53(9,10)11)21-17-19-33-55-47(63)69-51(3,4)5)36-38-68-46(62)44(58-50(66)72-54(12,13)14)22-18-20-34-56-48(64)70-52(6,7)8/h23-32,43-44H,15-22,33-38H2,1-14H3,(H,55,63)(H,56,64)(H,57,65)(H,58,66)/b24-23+. The van der Waals surface area contributed by atoms with Crippen molar-refractivity contribution in [2.45, 2.75) is 170 Å². The number of benzene rings is 2. The highest BCUT2D eigenvalue weighted by Gasteiger charge is 2.28. The first kappa shape index (κ1) is 61.9. The van der Waals surface area contributed by atoms with E-state index in [0.717, 1.165) is 35.6 Å². The number of rotatable bonds is 26. The average Bonchev–Trinajstić information content (AvgIpc) is 3.25. The van der Waals surface area contributed by atoms with E-state index in [4.69, 9.17) is 28.4 Å². The third-order valence-corrected chi connectivity index (χ3v) is 10.1. The van der Waals surface area contributed by atoms with E-state index in [9.17, 15) is 28.8 Å². The summed E-state index contributed by atoms with van der Waals surface area (Å²) in [5.74, 6) is -1.34. The molecule has 0 aromatic heterocycles. The minimum atomic E-state index is -1.04. The van der Waals surface area contributed by atoms with Gasteiger partial charge in [0.2, 0.25) is 0 Å². The Morgan fingerprint density at radius 2 is 0.792 bits per heavy atom. The molecular formula is C54H86N6O12. The lowest BCUT2D eigenvalue weighted by Gasteiger charge is -2.26. The number of unbranched alkanes of at least 4 members (excludes halogenated alkanes) is 2. The molecule has 2 atom stereocenters. The molecule has 0 aliphatic heterocycles. The van der Waals surface area contributed by atoms with Gasteiger partial charge in [-0.25, -0.2) is 28.8 Å². The van der Waals surface area contributed by atoms with Crippen LogP contribution in [0.15, 0.2) is 48.5 Å². The quantitative estimate of drug-likeness (QED) is 0.0299. The van der Waals surface area contributed by atoms with E-state index >= 15 is 0 Å². The van der Waals surface area contributed by atoms with Gasteiger partial charge < -0.3 is 59.5 Å². The molecule has 4 amide bonds. The average molecular weight is 1010 g/mol. The van der Waals surface area contributed by atoms with Gasteiger partial charge in [-0.15, -0.1) is 0 Å². The number of nitrogens with one attached hydrogen (secondary N) is 4. The maximum atomic E-state index is 13.6. The van der Waals surface area contributed by atoms with Crippen LogP contribution in [0, 0.1) is 0 Å². The third-order valence-electron chi connectivity index (χ3n) is 10.1. The van der Waals surface area contributed by atoms with Crippen LogP contribution in [0.25, 0.3) is 12.2 Å². The molecular weight excluding hydrogens is 925 g/mol. The Morgan fingerprint density at radius 1 is 0.472 bits per heavy atom. The summed E-state index contributed by atoms with van der Waals surface area (Å²) < 4.78 is 33.0. The number of alkyl carbamates (subject to hydrolysis) is 4. The van der Waals surface area contributed by atoms with Gasteiger partial charge in [-0.2, -0.15) is 0 Å². The first-order chi connectivity index (χ1) is 33.6. The molecule has 18 nitrogen and oxygen atoms in total. The van der Waals surface area contributed by atoms with Crippen LogP contribution in [0.4, 0.5) is 30.6 Å². The summed E-state index contributed by atoms with van der Waals surface area (Å²) in [6, 6.07) is 14.0. The number of amides is 4. The van der Waals surface area contributed by atoms with Crippen LogP contribution in [-0.4, -0.2) is 123 Å². The molecule has 0 fully saturated rings. The molecule has 72 heavy (non-hydrogen) atoms. The second kappa shape index (κ2) is 30.0. The fraction of sp³-hybridized carbons (Fsp3) is 0.630. The highest BCUT2D eigenvalue weighted by molar-refractivity contribution is 5.82. The molecule has 2 aromatic carbocycles. The Morgan fingerprint density at radius 3 is 1.11 bits per heavy atom. The van der Waals surface area contributed by atoms with Crippen LogP contribution >= 0.6 is 0 Å². The maximum absolute atomic E-state index is 13.6. The predicted octanol–water partition coefficient (Wildman–Crippen LogP) is 9.77. The van der Waals surface area contributed by atoms with E-state index in [1.54, 1.807) is 83.1 Å². The van der Waals surface area contributed by atoms with Gasteiger partial charge in [0.25, 0.3) is 0 Å². The Bertz CT molecular complexity index is 1920. The Kier molecular flexibility index (Phi) is 25.8. The fourth-order valence-electron chi connectivity index (χ4n) is 6.81. The molecule has 0 heterocycles. The summed E-state index contributed by atoms with van der Waals surface area (Å²) in [6.07, 6.45) is 3.73. The summed E-state index contributed by atoms with van der Waals surface area (Å²) >= 11 is 0. The molecule has 2 aromatic rings. The Hall–Kier alpha value is -6.20. The van der Waals surface area contributed by atoms with Gasteiger partial charge in [0.1, 0.15) is 47.7 Å². The van der Waals surface area contributed by atoms with Crippen LogP contribution in [-0.2, 0) is 38.0 Å². The number of carbonyl (C=O) groups is 6. The first-order valence-corrected chi connectivity index (χ1v) is 25.2. The summed E-state index contributed by atoms with van der Waals surface area (Å²) in [5, 5.41) is 10.7. The number of nitrogens with zero attached hydrogens (tertiary/aromatic N) is 2. The smallest absolute Gasteiger partial charge is 0.408 e. The number of hydrogen-bond donors (Lipinski definition) is 4. The van der Waals surface area contributed by atoms with Gasteiger partial charge in [-0.05, 0) is 171 Å². The molecule has 0 saturated carbocycles. The van der Waals surface area contributed by atoms with Crippen molar-refractivity contribution in [3.63, 3.8) is 0 Å². The van der Waals surface area contributed by atoms with Crippen molar-refractivity contribution in [3.05, 3.63) is 59.7 Å². The fourth-order valence-corrected chi connectivity index (χ4v) is 6.81. The molecule has 404 valence electrons. The normalized spacial score (nSPS) is 12.7. The number of anilines is 2. The van der Waals surface area contributed by atoms with Crippen LogP contribution < -0.4 is 31.1 Å². The molecule has 0 saturated heterocycles. The SMILES string of the molecule is CCN(CC)c1ccc(/C=C/c2ccc(N(CCOC(=O)C(CCCCNC(=O)OC(C)(C)C)NC(=O)OC(C)(C)C)CCOC(=O)C(CCCCNC(=O)OC(C)(C)C)NC(=O)OC(C)(C)C)cc2)cc1. The largest absolute Gasteiger partial charge is 0.462 e. The summed E-state index contributed by atoms with van der Waals surface area (Å²) in [5.41, 5.74) is 0.995. The molecule has 2 rings (SSSR count). The second-order valence-corrected chi connectivity index (χ2v) is 21.3. The van der Waals surface area contributed by atoms with Crippen molar-refractivity contribution < 1.29 is 57.2 Å². The van der Waals surface area contributed by atoms with E-state index in [1.807, 2.05) is 41.3 Å². The second-order valence-electron chi connectivity index (χ2n) is 21.3. The summed E-state index contributed by atoms with van der Waals surface area (Å²) in [6.45, 7) is 27.8. The van der Waals surface area contributed by atoms with Gasteiger partial charge in [-0.1, -0.05) is 36.4 Å². The molecule has 18 heteroatoms. The van der Waals surface area contributed by atoms with Crippen LogP contribution in [0.3, 0.4) is 0 Å². The van der Waals surface area contributed by atoms with Gasteiger partial charge in [0, 0.05) is 37.6 Å². The van der Waals surface area contributed by atoms with Crippen LogP contribution in [0.5, 0.6) is 0 Å². The summed E-state index contributed by atoms with van der Waals surface area (Å²) in [7, 11) is 0. The van der Waals surface area contributed by atoms with Gasteiger partial charge >= 0.3 is 36.3 Å². The lowest BCUT2D eigenvalue weighted by atomic mass is 10.1. The Labute approximate surface area is 428 Å².